The molecule has 2 N–H and O–H groups in total. The van der Waals surface area contributed by atoms with E-state index in [0.29, 0.717) is 11.7 Å². The molecule has 1 unspecified atom stereocenters. The van der Waals surface area contributed by atoms with Crippen molar-refractivity contribution in [1.29, 1.82) is 0 Å². The van der Waals surface area contributed by atoms with Crippen molar-refractivity contribution < 1.29 is 5.11 Å². The smallest absolute Gasteiger partial charge is 0.122 e. The van der Waals surface area contributed by atoms with Gasteiger partial charge in [-0.1, -0.05) is 19.9 Å². The predicted octanol–water partition coefficient (Wildman–Crippen LogP) is 3.15. The predicted molar refractivity (Wildman–Crippen MR) is 78.3 cm³/mol. The molecule has 1 aromatic rings. The van der Waals surface area contributed by atoms with Crippen LogP contribution in [0.3, 0.4) is 0 Å². The molecule has 0 spiro atoms. The zero-order valence-corrected chi connectivity index (χ0v) is 12.2. The van der Waals surface area contributed by atoms with Crippen LogP contribution in [0.5, 0.6) is 5.75 Å². The van der Waals surface area contributed by atoms with Crippen LogP contribution in [0.4, 0.5) is 5.69 Å². The lowest BCUT2D eigenvalue weighted by molar-refractivity contribution is 0.457. The number of aromatic hydroxyl groups is 1. The fraction of sp³-hybridized carbons (Fsp3) is 0.600. The highest BCUT2D eigenvalue weighted by molar-refractivity contribution is 5.54. The molecule has 0 bridgehead atoms. The highest BCUT2D eigenvalue weighted by Gasteiger charge is 2.12. The second kappa shape index (κ2) is 6.64. The van der Waals surface area contributed by atoms with Crippen molar-refractivity contribution in [3.05, 3.63) is 23.8 Å². The van der Waals surface area contributed by atoms with E-state index >= 15 is 0 Å². The first-order valence-corrected chi connectivity index (χ1v) is 6.74. The van der Waals surface area contributed by atoms with Gasteiger partial charge >= 0.3 is 0 Å². The molecule has 0 amide bonds. The molecule has 0 saturated carbocycles. The second-order valence-corrected chi connectivity index (χ2v) is 5.19. The number of phenolic OH excluding ortho intramolecular Hbond substituents is 1. The first-order valence-electron chi connectivity index (χ1n) is 6.74. The summed E-state index contributed by atoms with van der Waals surface area (Å²) in [5.74, 6) is 0.986. The summed E-state index contributed by atoms with van der Waals surface area (Å²) in [5.41, 5.74) is 2.04. The molecule has 102 valence electrons. The van der Waals surface area contributed by atoms with Gasteiger partial charge in [0.25, 0.3) is 0 Å². The maximum Gasteiger partial charge on any atom is 0.122 e. The van der Waals surface area contributed by atoms with Crippen LogP contribution in [0.15, 0.2) is 18.2 Å². The zero-order chi connectivity index (χ0) is 13.7. The minimum Gasteiger partial charge on any atom is -0.508 e. The fourth-order valence-corrected chi connectivity index (χ4v) is 2.11. The molecular weight excluding hydrogens is 224 g/mol. The Morgan fingerprint density at radius 3 is 2.39 bits per heavy atom. The Hall–Kier alpha value is -1.22. The number of nitrogens with zero attached hydrogens (tertiary/aromatic N) is 1. The normalized spacial score (nSPS) is 12.8. The first kappa shape index (κ1) is 14.8. The van der Waals surface area contributed by atoms with Crippen LogP contribution in [0.2, 0.25) is 0 Å². The lowest BCUT2D eigenvalue weighted by Crippen LogP contribution is -2.27. The van der Waals surface area contributed by atoms with Gasteiger partial charge in [0.1, 0.15) is 5.75 Å². The van der Waals surface area contributed by atoms with Crippen LogP contribution in [0.1, 0.15) is 39.3 Å². The van der Waals surface area contributed by atoms with Crippen LogP contribution in [-0.2, 0) is 0 Å². The third kappa shape index (κ3) is 3.64. The van der Waals surface area contributed by atoms with Crippen LogP contribution < -0.4 is 10.2 Å². The van der Waals surface area contributed by atoms with E-state index in [1.807, 2.05) is 26.1 Å². The number of hydrogen-bond donors (Lipinski definition) is 2. The Bertz CT molecular complexity index is 377. The standard InChI is InChI=1S/C15H26N2O/c1-6-17(10-11(2)3)13-7-8-14(12(4)16-5)15(18)9-13/h7-9,11-12,16,18H,6,10H2,1-5H3. The number of phenols is 1. The summed E-state index contributed by atoms with van der Waals surface area (Å²) in [7, 11) is 1.90. The highest BCUT2D eigenvalue weighted by atomic mass is 16.3. The number of rotatable bonds is 6. The molecule has 0 saturated heterocycles. The van der Waals surface area contributed by atoms with Crippen molar-refractivity contribution in [2.24, 2.45) is 5.92 Å². The summed E-state index contributed by atoms with van der Waals surface area (Å²) in [6.07, 6.45) is 0. The van der Waals surface area contributed by atoms with Crippen molar-refractivity contribution in [3.8, 4) is 5.75 Å². The van der Waals surface area contributed by atoms with Gasteiger partial charge in [-0.3, -0.25) is 0 Å². The molecule has 1 rings (SSSR count). The summed E-state index contributed by atoms with van der Waals surface area (Å²) < 4.78 is 0. The van der Waals surface area contributed by atoms with Gasteiger partial charge in [0, 0.05) is 36.4 Å². The van der Waals surface area contributed by atoms with E-state index < -0.39 is 0 Å². The third-order valence-corrected chi connectivity index (χ3v) is 3.25. The second-order valence-electron chi connectivity index (χ2n) is 5.19. The van der Waals surface area contributed by atoms with Crippen molar-refractivity contribution in [1.82, 2.24) is 5.32 Å². The van der Waals surface area contributed by atoms with Crippen LogP contribution in [-0.4, -0.2) is 25.2 Å². The molecule has 1 aromatic carbocycles. The van der Waals surface area contributed by atoms with Crippen molar-refractivity contribution in [2.75, 3.05) is 25.0 Å². The van der Waals surface area contributed by atoms with Gasteiger partial charge in [-0.15, -0.1) is 0 Å². The first-order chi connectivity index (χ1) is 8.49. The summed E-state index contributed by atoms with van der Waals surface area (Å²) in [6.45, 7) is 10.6. The topological polar surface area (TPSA) is 35.5 Å². The third-order valence-electron chi connectivity index (χ3n) is 3.25. The maximum atomic E-state index is 10.1. The quantitative estimate of drug-likeness (QED) is 0.814. The van der Waals surface area contributed by atoms with Gasteiger partial charge in [-0.05, 0) is 32.9 Å². The summed E-state index contributed by atoms with van der Waals surface area (Å²) in [5, 5.41) is 13.2. The Kier molecular flexibility index (Phi) is 5.48. The largest absolute Gasteiger partial charge is 0.508 e. The Morgan fingerprint density at radius 2 is 1.94 bits per heavy atom. The molecule has 3 heteroatoms. The number of hydrogen-bond acceptors (Lipinski definition) is 3. The van der Waals surface area contributed by atoms with Gasteiger partial charge in [0.2, 0.25) is 0 Å². The van der Waals surface area contributed by atoms with Gasteiger partial charge in [0.05, 0.1) is 0 Å². The molecule has 0 radical (unpaired) electrons. The Balaban J connectivity index is 2.94. The van der Waals surface area contributed by atoms with E-state index in [1.165, 1.54) is 0 Å². The molecule has 0 aliphatic rings. The lowest BCUT2D eigenvalue weighted by atomic mass is 10.1. The summed E-state index contributed by atoms with van der Waals surface area (Å²) in [4.78, 5) is 2.29. The molecule has 3 nitrogen and oxygen atoms in total. The van der Waals surface area contributed by atoms with Gasteiger partial charge in [-0.25, -0.2) is 0 Å². The summed E-state index contributed by atoms with van der Waals surface area (Å²) >= 11 is 0. The molecule has 0 aromatic heterocycles. The monoisotopic (exact) mass is 250 g/mol. The molecular formula is C15H26N2O. The number of benzene rings is 1. The molecule has 0 heterocycles. The Labute approximate surface area is 111 Å². The Morgan fingerprint density at radius 1 is 1.28 bits per heavy atom. The maximum absolute atomic E-state index is 10.1. The molecule has 0 aliphatic heterocycles. The van der Waals surface area contributed by atoms with E-state index in [-0.39, 0.29) is 6.04 Å². The van der Waals surface area contributed by atoms with E-state index in [9.17, 15) is 5.11 Å². The van der Waals surface area contributed by atoms with Gasteiger partial charge < -0.3 is 15.3 Å². The van der Waals surface area contributed by atoms with E-state index in [0.717, 1.165) is 24.3 Å². The molecule has 0 fully saturated rings. The summed E-state index contributed by atoms with van der Waals surface area (Å²) in [6, 6.07) is 6.14. The fourth-order valence-electron chi connectivity index (χ4n) is 2.11. The number of nitrogens with one attached hydrogen (secondary N) is 1. The van der Waals surface area contributed by atoms with Crippen molar-refractivity contribution in [3.63, 3.8) is 0 Å². The minimum absolute atomic E-state index is 0.166. The number of anilines is 1. The van der Waals surface area contributed by atoms with Crippen LogP contribution in [0, 0.1) is 5.92 Å². The molecule has 18 heavy (non-hydrogen) atoms. The lowest BCUT2D eigenvalue weighted by Gasteiger charge is -2.26. The average molecular weight is 250 g/mol. The van der Waals surface area contributed by atoms with E-state index in [1.54, 1.807) is 0 Å². The minimum atomic E-state index is 0.166. The van der Waals surface area contributed by atoms with E-state index in [4.69, 9.17) is 0 Å². The average Bonchev–Trinajstić information content (AvgIpc) is 2.34. The van der Waals surface area contributed by atoms with Crippen molar-refractivity contribution >= 4 is 5.69 Å². The van der Waals surface area contributed by atoms with Gasteiger partial charge in [0.15, 0.2) is 0 Å². The highest BCUT2D eigenvalue weighted by Crippen LogP contribution is 2.29. The van der Waals surface area contributed by atoms with E-state index in [2.05, 4.69) is 37.1 Å². The van der Waals surface area contributed by atoms with Crippen LogP contribution in [0.25, 0.3) is 0 Å². The van der Waals surface area contributed by atoms with Crippen molar-refractivity contribution in [2.45, 2.75) is 33.7 Å². The molecule has 1 atom stereocenters. The zero-order valence-electron chi connectivity index (χ0n) is 12.2. The SMILES string of the molecule is CCN(CC(C)C)c1ccc(C(C)NC)c(O)c1. The van der Waals surface area contributed by atoms with Crippen LogP contribution >= 0.6 is 0 Å². The molecule has 0 aliphatic carbocycles. The van der Waals surface area contributed by atoms with Gasteiger partial charge in [-0.2, -0.15) is 0 Å².